The third-order valence-corrected chi connectivity index (χ3v) is 5.21. The summed E-state index contributed by atoms with van der Waals surface area (Å²) in [5.74, 6) is 3.35. The Labute approximate surface area is 112 Å². The van der Waals surface area contributed by atoms with E-state index in [2.05, 4.69) is 10.6 Å². The quantitative estimate of drug-likeness (QED) is 0.851. The largest absolute Gasteiger partial charge is 0.301 e. The zero-order valence-corrected chi connectivity index (χ0v) is 11.9. The van der Waals surface area contributed by atoms with E-state index in [0.29, 0.717) is 29.8 Å². The standard InChI is InChI=1S/C13H18F2N2OS/c1-9-10(2)13(5-4-12(9)15)16-19(3,18)17-7-6-11(14)8-17/h4-5,11H,3,6-8H2,1-2H3,(H,16,18)/t11-,19?/m1/s1. The van der Waals surface area contributed by atoms with Crippen molar-refractivity contribution in [2.45, 2.75) is 26.4 Å². The monoisotopic (exact) mass is 288 g/mol. The molecule has 1 aromatic rings. The number of anilines is 1. The van der Waals surface area contributed by atoms with Gasteiger partial charge in [-0.25, -0.2) is 17.3 Å². The number of rotatable bonds is 3. The molecule has 3 nitrogen and oxygen atoms in total. The minimum Gasteiger partial charge on any atom is -0.301 e. The van der Waals surface area contributed by atoms with E-state index in [1.807, 2.05) is 0 Å². The predicted molar refractivity (Wildman–Crippen MR) is 75.8 cm³/mol. The minimum absolute atomic E-state index is 0.120. The average Bonchev–Trinajstić information content (AvgIpc) is 2.78. The van der Waals surface area contributed by atoms with Crippen LogP contribution in [0, 0.1) is 19.7 Å². The molecule has 19 heavy (non-hydrogen) atoms. The van der Waals surface area contributed by atoms with Gasteiger partial charge in [0.25, 0.3) is 0 Å². The first-order chi connectivity index (χ1) is 8.81. The Bertz CT molecular complexity index is 587. The Hall–Kier alpha value is -1.14. The lowest BCUT2D eigenvalue weighted by molar-refractivity contribution is 0.347. The van der Waals surface area contributed by atoms with Crippen molar-refractivity contribution in [2.75, 3.05) is 17.8 Å². The van der Waals surface area contributed by atoms with E-state index in [9.17, 15) is 13.0 Å². The molecule has 0 amide bonds. The van der Waals surface area contributed by atoms with Crippen LogP contribution in [-0.4, -0.2) is 33.6 Å². The van der Waals surface area contributed by atoms with Gasteiger partial charge in [0.05, 0.1) is 5.69 Å². The van der Waals surface area contributed by atoms with Crippen molar-refractivity contribution in [2.24, 2.45) is 0 Å². The van der Waals surface area contributed by atoms with Gasteiger partial charge in [-0.1, -0.05) is 0 Å². The molecule has 6 heteroatoms. The summed E-state index contributed by atoms with van der Waals surface area (Å²) in [6.07, 6.45) is -0.587. The lowest BCUT2D eigenvalue weighted by Gasteiger charge is -2.23. The molecule has 1 aliphatic heterocycles. The maximum Gasteiger partial charge on any atom is 0.126 e. The molecule has 0 aliphatic carbocycles. The Balaban J connectivity index is 2.24. The number of hydrogen-bond acceptors (Lipinski definition) is 1. The molecule has 0 spiro atoms. The van der Waals surface area contributed by atoms with Gasteiger partial charge in [-0.2, -0.15) is 0 Å². The highest BCUT2D eigenvalue weighted by Gasteiger charge is 2.27. The second-order valence-corrected chi connectivity index (χ2v) is 6.86. The van der Waals surface area contributed by atoms with Crippen molar-refractivity contribution in [3.8, 4) is 0 Å². The summed E-state index contributed by atoms with van der Waals surface area (Å²) >= 11 is 0. The van der Waals surface area contributed by atoms with Gasteiger partial charge in [-0.05, 0) is 49.4 Å². The molecule has 0 bridgehead atoms. The molecule has 1 unspecified atom stereocenters. The number of alkyl halides is 1. The lowest BCUT2D eigenvalue weighted by atomic mass is 10.1. The van der Waals surface area contributed by atoms with E-state index in [4.69, 9.17) is 0 Å². The molecule has 0 aromatic heterocycles. The van der Waals surface area contributed by atoms with Crippen LogP contribution in [0.15, 0.2) is 12.1 Å². The minimum atomic E-state index is -2.78. The summed E-state index contributed by atoms with van der Waals surface area (Å²) in [5.41, 5.74) is 1.76. The molecule has 1 saturated heterocycles. The molecule has 0 radical (unpaired) electrons. The first-order valence-electron chi connectivity index (χ1n) is 6.11. The number of benzene rings is 1. The molecule has 1 aromatic carbocycles. The number of nitrogens with zero attached hydrogens (tertiary/aromatic N) is 1. The Morgan fingerprint density at radius 1 is 1.42 bits per heavy atom. The summed E-state index contributed by atoms with van der Waals surface area (Å²) in [6.45, 7) is 3.94. The number of hydrogen-bond donors (Lipinski definition) is 1. The van der Waals surface area contributed by atoms with E-state index < -0.39 is 16.1 Å². The Kier molecular flexibility index (Phi) is 3.82. The third kappa shape index (κ3) is 2.90. The second kappa shape index (κ2) is 5.09. The van der Waals surface area contributed by atoms with Crippen LogP contribution in [0.25, 0.3) is 0 Å². The van der Waals surface area contributed by atoms with Crippen molar-refractivity contribution in [3.05, 3.63) is 29.1 Å². The molecular weight excluding hydrogens is 270 g/mol. The topological polar surface area (TPSA) is 32.3 Å². The van der Waals surface area contributed by atoms with Crippen molar-refractivity contribution in [1.29, 1.82) is 0 Å². The average molecular weight is 288 g/mol. The molecule has 2 rings (SSSR count). The fraction of sp³-hybridized carbons (Fsp3) is 0.462. The summed E-state index contributed by atoms with van der Waals surface area (Å²) < 4.78 is 43.4. The molecule has 2 atom stereocenters. The van der Waals surface area contributed by atoms with Crippen LogP contribution in [0.3, 0.4) is 0 Å². The lowest BCUT2D eigenvalue weighted by Crippen LogP contribution is -2.34. The highest BCUT2D eigenvalue weighted by Crippen LogP contribution is 2.24. The van der Waals surface area contributed by atoms with Crippen LogP contribution in [-0.2, 0) is 9.89 Å². The molecule has 0 saturated carbocycles. The van der Waals surface area contributed by atoms with Crippen LogP contribution in [0.5, 0.6) is 0 Å². The van der Waals surface area contributed by atoms with Gasteiger partial charge in [-0.3, -0.25) is 0 Å². The van der Waals surface area contributed by atoms with Crippen molar-refractivity contribution >= 4 is 21.5 Å². The molecule has 1 aliphatic rings. The van der Waals surface area contributed by atoms with Crippen LogP contribution in [0.1, 0.15) is 17.5 Å². The summed E-state index contributed by atoms with van der Waals surface area (Å²) in [7, 11) is -2.78. The molecular formula is C13H18F2N2OS. The van der Waals surface area contributed by atoms with E-state index in [0.717, 1.165) is 0 Å². The van der Waals surface area contributed by atoms with Crippen molar-refractivity contribution in [1.82, 2.24) is 4.31 Å². The second-order valence-electron chi connectivity index (χ2n) is 4.86. The fourth-order valence-electron chi connectivity index (χ4n) is 2.09. The van der Waals surface area contributed by atoms with E-state index in [1.54, 1.807) is 13.8 Å². The highest BCUT2D eigenvalue weighted by atomic mass is 32.2. The summed E-state index contributed by atoms with van der Waals surface area (Å²) in [5, 5.41) is 0. The smallest absolute Gasteiger partial charge is 0.126 e. The maximum atomic E-state index is 13.4. The highest BCUT2D eigenvalue weighted by molar-refractivity contribution is 7.99. The predicted octanol–water partition coefficient (Wildman–Crippen LogP) is 2.44. The first kappa shape index (κ1) is 14.3. The zero-order chi connectivity index (χ0) is 14.2. The summed E-state index contributed by atoms with van der Waals surface area (Å²) in [4.78, 5) is 0. The van der Waals surface area contributed by atoms with Gasteiger partial charge in [0.1, 0.15) is 21.9 Å². The Morgan fingerprint density at radius 3 is 2.68 bits per heavy atom. The normalized spacial score (nSPS) is 23.3. The van der Waals surface area contributed by atoms with Crippen LogP contribution < -0.4 is 4.72 Å². The molecule has 1 fully saturated rings. The molecule has 1 N–H and O–H groups in total. The maximum absolute atomic E-state index is 13.4. The van der Waals surface area contributed by atoms with Crippen molar-refractivity contribution in [3.63, 3.8) is 0 Å². The molecule has 106 valence electrons. The molecule has 1 heterocycles. The van der Waals surface area contributed by atoms with Gasteiger partial charge in [-0.15, -0.1) is 0 Å². The van der Waals surface area contributed by atoms with E-state index >= 15 is 0 Å². The van der Waals surface area contributed by atoms with Gasteiger partial charge >= 0.3 is 0 Å². The van der Waals surface area contributed by atoms with Gasteiger partial charge in [0.2, 0.25) is 0 Å². The van der Waals surface area contributed by atoms with E-state index in [1.165, 1.54) is 16.4 Å². The van der Waals surface area contributed by atoms with Crippen LogP contribution >= 0.6 is 0 Å². The number of halogens is 2. The van der Waals surface area contributed by atoms with Crippen LogP contribution in [0.4, 0.5) is 14.5 Å². The summed E-state index contributed by atoms with van der Waals surface area (Å²) in [6, 6.07) is 2.85. The van der Waals surface area contributed by atoms with Crippen molar-refractivity contribution < 1.29 is 13.0 Å². The SMILES string of the molecule is C=S(=O)(Nc1ccc(F)c(C)c1C)N1CC[C@@H](F)C1. The number of nitrogens with one attached hydrogen (secondary N) is 1. The van der Waals surface area contributed by atoms with Gasteiger partial charge in [0.15, 0.2) is 0 Å². The first-order valence-corrected chi connectivity index (χ1v) is 7.79. The Morgan fingerprint density at radius 2 is 2.11 bits per heavy atom. The van der Waals surface area contributed by atoms with Gasteiger partial charge in [0, 0.05) is 13.1 Å². The third-order valence-electron chi connectivity index (χ3n) is 3.50. The van der Waals surface area contributed by atoms with Crippen LogP contribution in [0.2, 0.25) is 0 Å². The van der Waals surface area contributed by atoms with E-state index in [-0.39, 0.29) is 12.4 Å². The zero-order valence-electron chi connectivity index (χ0n) is 11.1. The van der Waals surface area contributed by atoms with Gasteiger partial charge < -0.3 is 4.72 Å². The fourth-order valence-corrected chi connectivity index (χ4v) is 3.59.